The van der Waals surface area contributed by atoms with Crippen LogP contribution < -0.4 is 0 Å². The Hall–Kier alpha value is -1.41. The fourth-order valence-electron chi connectivity index (χ4n) is 7.89. The fraction of sp³-hybridized carbons (Fsp3) is 0.915. The zero-order valence-electron chi connectivity index (χ0n) is 38.4. The predicted molar refractivity (Wildman–Crippen MR) is 240 cm³/mol. The highest BCUT2D eigenvalue weighted by Gasteiger charge is 2.39. The molecule has 0 saturated heterocycles. The summed E-state index contributed by atoms with van der Waals surface area (Å²) in [6, 6.07) is 0. The van der Waals surface area contributed by atoms with Crippen molar-refractivity contribution in [3.05, 3.63) is 12.2 Å². The second kappa shape index (κ2) is 36.9. The van der Waals surface area contributed by atoms with Crippen molar-refractivity contribution in [1.82, 2.24) is 0 Å². The van der Waals surface area contributed by atoms with Gasteiger partial charge < -0.3 is 39.9 Å². The highest BCUT2D eigenvalue weighted by molar-refractivity contribution is 7.47. The largest absolute Gasteiger partial charge is 0.472 e. The van der Waals surface area contributed by atoms with Crippen molar-refractivity contribution >= 4 is 19.8 Å². The molecule has 1 fully saturated rings. The van der Waals surface area contributed by atoms with Gasteiger partial charge in [0, 0.05) is 25.2 Å². The zero-order chi connectivity index (χ0) is 45.1. The van der Waals surface area contributed by atoms with Crippen molar-refractivity contribution in [3.63, 3.8) is 0 Å². The first-order chi connectivity index (χ1) is 29.3. The minimum atomic E-state index is -4.67. The van der Waals surface area contributed by atoms with E-state index in [4.69, 9.17) is 23.6 Å². The van der Waals surface area contributed by atoms with Gasteiger partial charge in [0.1, 0.15) is 12.7 Å². The smallest absolute Gasteiger partial charge is 0.462 e. The molecule has 0 aromatic rings. The van der Waals surface area contributed by atoms with Gasteiger partial charge in [-0.05, 0) is 37.5 Å². The molecule has 6 N–H and O–H groups in total. The van der Waals surface area contributed by atoms with Crippen LogP contribution in [0.4, 0.5) is 0 Å². The van der Waals surface area contributed by atoms with Crippen LogP contribution in [0, 0.1) is 17.8 Å². The number of carbonyl (C=O) groups is 2. The molecule has 13 nitrogen and oxygen atoms in total. The van der Waals surface area contributed by atoms with Crippen LogP contribution in [0.2, 0.25) is 0 Å². The summed E-state index contributed by atoms with van der Waals surface area (Å²) in [7, 11) is -4.67. The highest BCUT2D eigenvalue weighted by Crippen LogP contribution is 2.43. The van der Waals surface area contributed by atoms with E-state index in [2.05, 4.69) is 20.8 Å². The molecule has 0 heterocycles. The second-order valence-electron chi connectivity index (χ2n) is 17.7. The van der Waals surface area contributed by atoms with Crippen LogP contribution >= 0.6 is 7.82 Å². The Morgan fingerprint density at radius 2 is 1.21 bits per heavy atom. The predicted octanol–water partition coefficient (Wildman–Crippen LogP) is 9.41. The molecule has 1 rings (SSSR count). The van der Waals surface area contributed by atoms with Crippen LogP contribution in [-0.2, 0) is 32.7 Å². The van der Waals surface area contributed by atoms with Gasteiger partial charge in [-0.3, -0.25) is 18.6 Å². The SMILES string of the molecule is CCCCC[C@H](O)/C=C/[C@@H]1[C@@H](CCCCCCC(=O)OC[C@H](COP(=O)(O)OC[C@@H](O)CO)OC(=O)CCCCCCCCCCCCCCCCC(C)CC)[C@@H](O)C[C@H]1O. The van der Waals surface area contributed by atoms with E-state index in [-0.39, 0.29) is 31.3 Å². The van der Waals surface area contributed by atoms with Crippen molar-refractivity contribution in [3.8, 4) is 0 Å². The lowest BCUT2D eigenvalue weighted by molar-refractivity contribution is -0.161. The first kappa shape index (κ1) is 57.6. The molecule has 14 heteroatoms. The standard InChI is InChI=1S/C47H89O13P/c1-4-6-21-27-39(49)31-32-43-42(44(51)33-45(43)52)28-23-19-20-24-29-46(53)57-36-41(37-59-61(55,56)58-35-40(50)34-48)60-47(54)30-25-18-16-14-12-10-8-7-9-11-13-15-17-22-26-38(3)5-2/h31-32,38-45,48-52H,4-30,33-37H2,1-3H3,(H,55,56)/b32-31+/t38?,39-,40-,41+,42+,43+,44-,45+/m0/s1. The Bertz CT molecular complexity index is 1160. The summed E-state index contributed by atoms with van der Waals surface area (Å²) in [6.45, 7) is 4.44. The lowest BCUT2D eigenvalue weighted by Crippen LogP contribution is -2.29. The maximum Gasteiger partial charge on any atom is 0.472 e. The first-order valence-electron chi connectivity index (χ1n) is 24.3. The van der Waals surface area contributed by atoms with Crippen LogP contribution in [0.5, 0.6) is 0 Å². The molecule has 0 bridgehead atoms. The van der Waals surface area contributed by atoms with Crippen LogP contribution in [-0.4, -0.2) is 99.3 Å². The lowest BCUT2D eigenvalue weighted by atomic mass is 9.88. The molecular weight excluding hydrogens is 803 g/mol. The van der Waals surface area contributed by atoms with Crippen molar-refractivity contribution in [2.75, 3.05) is 26.4 Å². The normalized spacial score (nSPS) is 21.0. The number of hydrogen-bond acceptors (Lipinski definition) is 12. The molecule has 0 amide bonds. The number of unbranched alkanes of at least 4 members (excludes halogenated alkanes) is 18. The topological polar surface area (TPSA) is 210 Å². The number of esters is 2. The summed E-state index contributed by atoms with van der Waals surface area (Å²) < 4.78 is 32.8. The van der Waals surface area contributed by atoms with Gasteiger partial charge in [-0.25, -0.2) is 4.57 Å². The number of phosphoric ester groups is 1. The molecule has 360 valence electrons. The molecule has 0 radical (unpaired) electrons. The molecule has 61 heavy (non-hydrogen) atoms. The monoisotopic (exact) mass is 893 g/mol. The highest BCUT2D eigenvalue weighted by atomic mass is 31.2. The van der Waals surface area contributed by atoms with Gasteiger partial charge >= 0.3 is 19.8 Å². The van der Waals surface area contributed by atoms with E-state index in [9.17, 15) is 39.5 Å². The number of ether oxygens (including phenoxy) is 2. The number of hydrogen-bond donors (Lipinski definition) is 6. The van der Waals surface area contributed by atoms with Gasteiger partial charge in [-0.1, -0.05) is 168 Å². The van der Waals surface area contributed by atoms with Crippen molar-refractivity contribution in [2.24, 2.45) is 17.8 Å². The van der Waals surface area contributed by atoms with Gasteiger partial charge in [-0.2, -0.15) is 0 Å². The van der Waals surface area contributed by atoms with E-state index in [1.165, 1.54) is 77.0 Å². The number of rotatable bonds is 41. The second-order valence-corrected chi connectivity index (χ2v) is 19.2. The minimum Gasteiger partial charge on any atom is -0.462 e. The number of phosphoric acid groups is 1. The van der Waals surface area contributed by atoms with Gasteiger partial charge in [0.15, 0.2) is 6.10 Å². The number of aliphatic hydroxyl groups is 5. The molecule has 1 aliphatic rings. The Balaban J connectivity index is 2.37. The third-order valence-electron chi connectivity index (χ3n) is 12.1. The third kappa shape index (κ3) is 31.2. The summed E-state index contributed by atoms with van der Waals surface area (Å²) in [5.41, 5.74) is 0. The zero-order valence-corrected chi connectivity index (χ0v) is 39.3. The first-order valence-corrected chi connectivity index (χ1v) is 25.8. The Morgan fingerprint density at radius 3 is 1.79 bits per heavy atom. The molecule has 0 aromatic carbocycles. The summed E-state index contributed by atoms with van der Waals surface area (Å²) in [4.78, 5) is 35.3. The van der Waals surface area contributed by atoms with Crippen LogP contribution in [0.15, 0.2) is 12.2 Å². The van der Waals surface area contributed by atoms with E-state index < -0.39 is 70.1 Å². The third-order valence-corrected chi connectivity index (χ3v) is 13.0. The fourth-order valence-corrected chi connectivity index (χ4v) is 8.68. The number of aliphatic hydroxyl groups excluding tert-OH is 5. The minimum absolute atomic E-state index is 0.0985. The van der Waals surface area contributed by atoms with E-state index in [0.29, 0.717) is 32.1 Å². The molecule has 0 aliphatic heterocycles. The van der Waals surface area contributed by atoms with Crippen molar-refractivity contribution < 1.29 is 63.1 Å². The lowest BCUT2D eigenvalue weighted by Gasteiger charge is -2.21. The van der Waals surface area contributed by atoms with Crippen LogP contribution in [0.25, 0.3) is 0 Å². The average molecular weight is 893 g/mol. The molecule has 1 saturated carbocycles. The van der Waals surface area contributed by atoms with E-state index in [1.807, 2.05) is 6.08 Å². The summed E-state index contributed by atoms with van der Waals surface area (Å²) in [5, 5.41) is 49.8. The summed E-state index contributed by atoms with van der Waals surface area (Å²) >= 11 is 0. The Labute approximate surface area is 369 Å². The molecule has 0 aromatic heterocycles. The molecular formula is C47H89O13P. The average Bonchev–Trinajstić information content (AvgIpc) is 3.51. The Morgan fingerprint density at radius 1 is 0.689 bits per heavy atom. The maximum atomic E-state index is 12.7. The van der Waals surface area contributed by atoms with Crippen LogP contribution in [0.1, 0.15) is 201 Å². The van der Waals surface area contributed by atoms with E-state index in [0.717, 1.165) is 63.7 Å². The van der Waals surface area contributed by atoms with Gasteiger partial charge in [0.2, 0.25) is 0 Å². The molecule has 0 spiro atoms. The summed E-state index contributed by atoms with van der Waals surface area (Å²) in [6.07, 6.45) is 26.6. The number of carbonyl (C=O) groups excluding carboxylic acids is 2. The van der Waals surface area contributed by atoms with E-state index in [1.54, 1.807) is 6.08 Å². The van der Waals surface area contributed by atoms with Crippen molar-refractivity contribution in [1.29, 1.82) is 0 Å². The molecule has 1 aliphatic carbocycles. The molecule has 9 atom stereocenters. The van der Waals surface area contributed by atoms with Gasteiger partial charge in [0.05, 0.1) is 38.1 Å². The molecule has 2 unspecified atom stereocenters. The van der Waals surface area contributed by atoms with Crippen LogP contribution in [0.3, 0.4) is 0 Å². The maximum absolute atomic E-state index is 12.7. The quantitative estimate of drug-likeness (QED) is 0.0146. The summed E-state index contributed by atoms with van der Waals surface area (Å²) in [5.74, 6) is -0.503. The Kier molecular flexibility index (Phi) is 34.8. The van der Waals surface area contributed by atoms with E-state index >= 15 is 0 Å². The van der Waals surface area contributed by atoms with Gasteiger partial charge in [-0.15, -0.1) is 0 Å². The van der Waals surface area contributed by atoms with Crippen molar-refractivity contribution in [2.45, 2.75) is 231 Å². The van der Waals surface area contributed by atoms with Gasteiger partial charge in [0.25, 0.3) is 0 Å².